The van der Waals surface area contributed by atoms with E-state index in [1.807, 2.05) is 4.90 Å². The topological polar surface area (TPSA) is 129 Å². The molecule has 0 radical (unpaired) electrons. The van der Waals surface area contributed by atoms with Crippen molar-refractivity contribution >= 4 is 21.8 Å². The number of primary amides is 1. The number of carbonyl (C=O) groups is 2. The third-order valence-corrected chi connectivity index (χ3v) is 6.63. The lowest BCUT2D eigenvalue weighted by molar-refractivity contribution is -0.132. The summed E-state index contributed by atoms with van der Waals surface area (Å²) in [6.07, 6.45) is 0.437. The Kier molecular flexibility index (Phi) is 6.15. The number of carbonyl (C=O) groups excluding carboxylic acids is 2. The highest BCUT2D eigenvalue weighted by molar-refractivity contribution is 7.89. The van der Waals surface area contributed by atoms with Crippen LogP contribution in [0.3, 0.4) is 0 Å². The summed E-state index contributed by atoms with van der Waals surface area (Å²) in [5, 5.41) is 2.94. The summed E-state index contributed by atoms with van der Waals surface area (Å²) >= 11 is 0. The number of sulfonamides is 1. The van der Waals surface area contributed by atoms with Crippen LogP contribution in [0.1, 0.15) is 17.0 Å². The molecular formula is C16H25N5O5S. The van der Waals surface area contributed by atoms with E-state index in [9.17, 15) is 18.0 Å². The van der Waals surface area contributed by atoms with Crippen LogP contribution in [0.4, 0.5) is 0 Å². The van der Waals surface area contributed by atoms with Gasteiger partial charge in [0.1, 0.15) is 0 Å². The number of furan rings is 1. The van der Waals surface area contributed by atoms with E-state index >= 15 is 0 Å². The molecule has 3 heterocycles. The summed E-state index contributed by atoms with van der Waals surface area (Å²) < 4.78 is 31.6. The van der Waals surface area contributed by atoms with Crippen LogP contribution in [0.25, 0.3) is 0 Å². The zero-order valence-electron chi connectivity index (χ0n) is 15.1. The molecule has 2 amide bonds. The lowest BCUT2D eigenvalue weighted by Crippen LogP contribution is -2.50. The van der Waals surface area contributed by atoms with Gasteiger partial charge in [0.25, 0.3) is 15.9 Å². The van der Waals surface area contributed by atoms with Gasteiger partial charge in [0, 0.05) is 65.3 Å². The standard InChI is InChI=1S/C16H25N5O5S/c17-16(23)13-1-2-15(26-13)27(24,25)21-11-9-19(10-12-21)6-3-14(22)20-7-4-18-5-8-20/h1-2,18H,3-12H2,(H2,17,23). The molecule has 0 bridgehead atoms. The molecule has 27 heavy (non-hydrogen) atoms. The van der Waals surface area contributed by atoms with Crippen LogP contribution in [-0.4, -0.2) is 93.2 Å². The van der Waals surface area contributed by atoms with Crippen LogP contribution >= 0.6 is 0 Å². The smallest absolute Gasteiger partial charge is 0.284 e. The Morgan fingerprint density at radius 2 is 1.74 bits per heavy atom. The molecule has 2 aliphatic heterocycles. The maximum absolute atomic E-state index is 12.6. The predicted molar refractivity (Wildman–Crippen MR) is 96.5 cm³/mol. The molecule has 0 atom stereocenters. The molecule has 150 valence electrons. The van der Waals surface area contributed by atoms with Gasteiger partial charge in [-0.15, -0.1) is 0 Å². The van der Waals surface area contributed by atoms with Gasteiger partial charge in [-0.05, 0) is 12.1 Å². The van der Waals surface area contributed by atoms with Crippen molar-refractivity contribution in [1.82, 2.24) is 19.4 Å². The molecule has 1 aromatic rings. The Morgan fingerprint density at radius 1 is 1.07 bits per heavy atom. The zero-order valence-corrected chi connectivity index (χ0v) is 15.9. The molecule has 3 rings (SSSR count). The fourth-order valence-corrected chi connectivity index (χ4v) is 4.57. The maximum Gasteiger partial charge on any atom is 0.284 e. The van der Waals surface area contributed by atoms with Gasteiger partial charge in [-0.3, -0.25) is 9.59 Å². The number of amides is 2. The summed E-state index contributed by atoms with van der Waals surface area (Å²) in [5.41, 5.74) is 5.10. The van der Waals surface area contributed by atoms with Gasteiger partial charge in [-0.25, -0.2) is 8.42 Å². The van der Waals surface area contributed by atoms with E-state index < -0.39 is 15.9 Å². The molecule has 0 aromatic carbocycles. The number of hydrogen-bond donors (Lipinski definition) is 2. The summed E-state index contributed by atoms with van der Waals surface area (Å²) in [5.74, 6) is -0.852. The minimum atomic E-state index is -3.80. The molecule has 11 heteroatoms. The van der Waals surface area contributed by atoms with E-state index in [0.29, 0.717) is 39.1 Å². The maximum atomic E-state index is 12.6. The van der Waals surface area contributed by atoms with Crippen molar-refractivity contribution in [2.75, 3.05) is 58.9 Å². The van der Waals surface area contributed by atoms with Crippen LogP contribution in [0.5, 0.6) is 0 Å². The largest absolute Gasteiger partial charge is 0.438 e. The number of piperazine rings is 2. The van der Waals surface area contributed by atoms with Crippen molar-refractivity contribution in [2.45, 2.75) is 11.5 Å². The Labute approximate surface area is 158 Å². The molecule has 0 saturated carbocycles. The second kappa shape index (κ2) is 8.38. The van der Waals surface area contributed by atoms with Crippen LogP contribution in [-0.2, 0) is 14.8 Å². The molecule has 0 spiro atoms. The highest BCUT2D eigenvalue weighted by atomic mass is 32.2. The number of nitrogens with two attached hydrogens (primary N) is 1. The first-order valence-electron chi connectivity index (χ1n) is 8.98. The fraction of sp³-hybridized carbons (Fsp3) is 0.625. The minimum Gasteiger partial charge on any atom is -0.438 e. The minimum absolute atomic E-state index is 0.140. The van der Waals surface area contributed by atoms with E-state index in [4.69, 9.17) is 10.2 Å². The Hall–Kier alpha value is -1.95. The monoisotopic (exact) mass is 399 g/mol. The molecule has 10 nitrogen and oxygen atoms in total. The van der Waals surface area contributed by atoms with Gasteiger partial charge in [-0.2, -0.15) is 4.31 Å². The third-order valence-electron chi connectivity index (χ3n) is 4.86. The number of rotatable bonds is 6. The van der Waals surface area contributed by atoms with Crippen molar-refractivity contribution in [3.05, 3.63) is 17.9 Å². The Balaban J connectivity index is 1.49. The predicted octanol–water partition coefficient (Wildman–Crippen LogP) is -1.49. The summed E-state index contributed by atoms with van der Waals surface area (Å²) in [6.45, 7) is 5.42. The normalized spacial score (nSPS) is 19.9. The lowest BCUT2D eigenvalue weighted by atomic mass is 10.2. The van der Waals surface area contributed by atoms with Gasteiger partial charge in [0.15, 0.2) is 5.76 Å². The van der Waals surface area contributed by atoms with Crippen molar-refractivity contribution < 1.29 is 22.4 Å². The van der Waals surface area contributed by atoms with Crippen molar-refractivity contribution in [2.24, 2.45) is 5.73 Å². The summed E-state index contributed by atoms with van der Waals surface area (Å²) in [4.78, 5) is 27.3. The Morgan fingerprint density at radius 3 is 2.33 bits per heavy atom. The molecular weight excluding hydrogens is 374 g/mol. The highest BCUT2D eigenvalue weighted by Gasteiger charge is 2.31. The molecule has 3 N–H and O–H groups in total. The molecule has 2 saturated heterocycles. The molecule has 0 aliphatic carbocycles. The molecule has 0 unspecified atom stereocenters. The summed E-state index contributed by atoms with van der Waals surface area (Å²) in [6, 6.07) is 2.50. The van der Waals surface area contributed by atoms with Crippen LogP contribution in [0, 0.1) is 0 Å². The molecule has 1 aromatic heterocycles. The second-order valence-electron chi connectivity index (χ2n) is 6.61. The summed E-state index contributed by atoms with van der Waals surface area (Å²) in [7, 11) is -3.80. The highest BCUT2D eigenvalue weighted by Crippen LogP contribution is 2.20. The van der Waals surface area contributed by atoms with E-state index in [1.54, 1.807) is 0 Å². The zero-order chi connectivity index (χ0) is 19.4. The first kappa shape index (κ1) is 19.8. The molecule has 2 aliphatic rings. The third kappa shape index (κ3) is 4.67. The van der Waals surface area contributed by atoms with Crippen molar-refractivity contribution in [3.8, 4) is 0 Å². The van der Waals surface area contributed by atoms with E-state index in [-0.39, 0.29) is 16.8 Å². The van der Waals surface area contributed by atoms with E-state index in [1.165, 1.54) is 16.4 Å². The van der Waals surface area contributed by atoms with Crippen LogP contribution in [0.15, 0.2) is 21.6 Å². The van der Waals surface area contributed by atoms with Gasteiger partial charge in [-0.1, -0.05) is 0 Å². The number of nitrogens with one attached hydrogen (secondary N) is 1. The SMILES string of the molecule is NC(=O)c1ccc(S(=O)(=O)N2CCN(CCC(=O)N3CCNCC3)CC2)o1. The van der Waals surface area contributed by atoms with Gasteiger partial charge >= 0.3 is 0 Å². The quantitative estimate of drug-likeness (QED) is 0.596. The van der Waals surface area contributed by atoms with Gasteiger partial charge < -0.3 is 25.3 Å². The van der Waals surface area contributed by atoms with Crippen LogP contribution in [0.2, 0.25) is 0 Å². The van der Waals surface area contributed by atoms with Gasteiger partial charge in [0.05, 0.1) is 0 Å². The number of nitrogens with zero attached hydrogens (tertiary/aromatic N) is 3. The van der Waals surface area contributed by atoms with E-state index in [0.717, 1.165) is 26.2 Å². The average Bonchev–Trinajstić information content (AvgIpc) is 3.18. The second-order valence-corrected chi connectivity index (χ2v) is 8.48. The fourth-order valence-electron chi connectivity index (χ4n) is 3.24. The number of hydrogen-bond acceptors (Lipinski definition) is 7. The Bertz CT molecular complexity index is 779. The van der Waals surface area contributed by atoms with Crippen molar-refractivity contribution in [1.29, 1.82) is 0 Å². The van der Waals surface area contributed by atoms with E-state index in [2.05, 4.69) is 10.2 Å². The van der Waals surface area contributed by atoms with Crippen molar-refractivity contribution in [3.63, 3.8) is 0 Å². The average molecular weight is 399 g/mol. The van der Waals surface area contributed by atoms with Crippen LogP contribution < -0.4 is 11.1 Å². The molecule has 2 fully saturated rings. The first-order chi connectivity index (χ1) is 12.9. The first-order valence-corrected chi connectivity index (χ1v) is 10.4. The lowest BCUT2D eigenvalue weighted by Gasteiger charge is -2.34. The van der Waals surface area contributed by atoms with Gasteiger partial charge in [0.2, 0.25) is 11.0 Å².